The monoisotopic (exact) mass is 890 g/mol. The fraction of sp³-hybridized carbons (Fsp3) is 0.500. The van der Waals surface area contributed by atoms with Gasteiger partial charge in [-0.1, -0.05) is 77.6 Å². The zero-order valence-corrected chi connectivity index (χ0v) is 39.2. The highest BCUT2D eigenvalue weighted by molar-refractivity contribution is 7.91. The van der Waals surface area contributed by atoms with Crippen LogP contribution >= 0.6 is 0 Å². The van der Waals surface area contributed by atoms with Gasteiger partial charge in [-0.3, -0.25) is 10.1 Å². The summed E-state index contributed by atoms with van der Waals surface area (Å²) in [5.41, 5.74) is 9.31. The van der Waals surface area contributed by atoms with Gasteiger partial charge in [-0.2, -0.15) is 0 Å². The highest BCUT2D eigenvalue weighted by atomic mass is 32.2. The number of hydrogen-bond donors (Lipinski definition) is 3. The van der Waals surface area contributed by atoms with Crippen LogP contribution < -0.4 is 15.5 Å². The third-order valence-electron chi connectivity index (χ3n) is 13.4. The van der Waals surface area contributed by atoms with Crippen molar-refractivity contribution in [3.05, 3.63) is 117 Å². The summed E-state index contributed by atoms with van der Waals surface area (Å²) in [6.45, 7) is 8.04. The van der Waals surface area contributed by atoms with E-state index in [1.807, 2.05) is 95.2 Å². The van der Waals surface area contributed by atoms with Gasteiger partial charge in [-0.05, 0) is 96.5 Å². The second-order valence-electron chi connectivity index (χ2n) is 17.8. The summed E-state index contributed by atoms with van der Waals surface area (Å²) in [6, 6.07) is 24.3. The summed E-state index contributed by atoms with van der Waals surface area (Å²) in [7, 11) is 0.334. The Hall–Kier alpha value is -4.50. The first kappa shape index (κ1) is 48.5. The van der Waals surface area contributed by atoms with Crippen LogP contribution in [0.4, 0.5) is 22.7 Å². The van der Waals surface area contributed by atoms with E-state index in [1.54, 1.807) is 36.4 Å². The SMILES string of the molecule is CCCC[C@]1(CC)CS(=O)(=O)c2ccc(N(C)C)cc2[C@@H](c2cccc(N)c2)[C@H]1O.CCCC[C@]1(CC)CS(=O)(=O)c2ccc(N(C)C)cc2[C@@H](c2cccc([N+](=O)[O-])c2)[C@H]1O. The molecule has 4 aromatic carbocycles. The van der Waals surface area contributed by atoms with Gasteiger partial charge in [0.05, 0.1) is 38.4 Å². The number of anilines is 3. The molecule has 12 nitrogen and oxygen atoms in total. The molecule has 4 N–H and O–H groups in total. The van der Waals surface area contributed by atoms with Crippen molar-refractivity contribution in [2.45, 2.75) is 113 Å². The normalized spacial score (nSPS) is 24.9. The van der Waals surface area contributed by atoms with Gasteiger partial charge in [0.2, 0.25) is 0 Å². The molecule has 0 saturated carbocycles. The molecule has 0 bridgehead atoms. The van der Waals surface area contributed by atoms with Crippen molar-refractivity contribution in [2.75, 3.05) is 55.2 Å². The summed E-state index contributed by atoms with van der Waals surface area (Å²) < 4.78 is 54.3. The van der Waals surface area contributed by atoms with Gasteiger partial charge < -0.3 is 25.7 Å². The van der Waals surface area contributed by atoms with E-state index in [-0.39, 0.29) is 22.1 Å². The Morgan fingerprint density at radius 2 is 1.08 bits per heavy atom. The van der Waals surface area contributed by atoms with E-state index < -0.39 is 59.5 Å². The first-order valence-electron chi connectivity index (χ1n) is 21.7. The first-order chi connectivity index (χ1) is 29.2. The van der Waals surface area contributed by atoms with E-state index in [4.69, 9.17) is 5.73 Å². The Kier molecular flexibility index (Phi) is 15.3. The Morgan fingerprint density at radius 1 is 0.661 bits per heavy atom. The number of non-ortho nitro benzene ring substituents is 1. The molecule has 0 aromatic heterocycles. The summed E-state index contributed by atoms with van der Waals surface area (Å²) >= 11 is 0. The molecular weight excluding hydrogens is 825 g/mol. The van der Waals surface area contributed by atoms with Crippen LogP contribution in [0.15, 0.2) is 94.7 Å². The van der Waals surface area contributed by atoms with Gasteiger partial charge in [-0.15, -0.1) is 0 Å². The van der Waals surface area contributed by atoms with Crippen molar-refractivity contribution in [2.24, 2.45) is 10.8 Å². The predicted octanol–water partition coefficient (Wildman–Crippen LogP) is 8.73. The van der Waals surface area contributed by atoms with E-state index >= 15 is 0 Å². The van der Waals surface area contributed by atoms with Crippen LogP contribution in [0.5, 0.6) is 0 Å². The number of nitrogens with zero attached hydrogens (tertiary/aromatic N) is 3. The first-order valence-corrected chi connectivity index (χ1v) is 25.1. The number of rotatable bonds is 13. The van der Waals surface area contributed by atoms with Crippen LogP contribution in [0.2, 0.25) is 0 Å². The van der Waals surface area contributed by atoms with E-state index in [1.165, 1.54) is 12.1 Å². The number of nitrogens with two attached hydrogens (primary N) is 1. The topological polar surface area (TPSA) is 184 Å². The molecule has 6 atom stereocenters. The average Bonchev–Trinajstić information content (AvgIpc) is 3.36. The number of nitrogen functional groups attached to an aromatic ring is 1. The van der Waals surface area contributed by atoms with E-state index in [2.05, 4.69) is 6.92 Å². The number of aliphatic hydroxyl groups is 2. The highest BCUT2D eigenvalue weighted by Crippen LogP contribution is 2.51. The van der Waals surface area contributed by atoms with Gasteiger partial charge >= 0.3 is 0 Å². The Morgan fingerprint density at radius 3 is 1.45 bits per heavy atom. The zero-order chi connectivity index (χ0) is 45.8. The molecule has 0 aliphatic carbocycles. The van der Waals surface area contributed by atoms with Crippen LogP contribution in [0.1, 0.15) is 113 Å². The van der Waals surface area contributed by atoms with Crippen molar-refractivity contribution in [3.8, 4) is 0 Å². The van der Waals surface area contributed by atoms with Gasteiger partial charge in [-0.25, -0.2) is 16.8 Å². The molecule has 4 aromatic rings. The minimum Gasteiger partial charge on any atom is -0.399 e. The predicted molar refractivity (Wildman–Crippen MR) is 250 cm³/mol. The van der Waals surface area contributed by atoms with Crippen LogP contribution in [0.25, 0.3) is 0 Å². The second kappa shape index (κ2) is 19.5. The van der Waals surface area contributed by atoms with Gasteiger partial charge in [0, 0.05) is 80.1 Å². The van der Waals surface area contributed by atoms with Crippen molar-refractivity contribution in [1.82, 2.24) is 0 Å². The van der Waals surface area contributed by atoms with Crippen LogP contribution in [0, 0.1) is 20.9 Å². The van der Waals surface area contributed by atoms with Crippen molar-refractivity contribution >= 4 is 42.4 Å². The fourth-order valence-corrected chi connectivity index (χ4v) is 14.1. The molecule has 0 amide bonds. The summed E-state index contributed by atoms with van der Waals surface area (Å²) in [5.74, 6) is -1.33. The van der Waals surface area contributed by atoms with Crippen LogP contribution in [-0.4, -0.2) is 83.9 Å². The third-order valence-corrected chi connectivity index (χ3v) is 17.4. The minimum atomic E-state index is -3.68. The number of nitro groups is 1. The lowest BCUT2D eigenvalue weighted by Gasteiger charge is -2.39. The molecular formula is C48H66N4O8S2. The number of nitro benzene ring substituents is 1. The number of hydrogen-bond acceptors (Lipinski definition) is 11. The molecule has 62 heavy (non-hydrogen) atoms. The van der Waals surface area contributed by atoms with E-state index in [0.29, 0.717) is 53.0 Å². The average molecular weight is 891 g/mol. The quantitative estimate of drug-likeness (QED) is 0.0663. The number of sulfone groups is 2. The maximum absolute atomic E-state index is 13.6. The molecule has 2 aliphatic heterocycles. The standard InChI is InChI=1S/C24H32N2O5S.C24H34N2O3S/c1-5-7-13-24(6-2)16-32(30,31)21-12-11-18(25(3)4)15-20(21)22(23(24)27)17-9-8-10-19(14-17)26(28)29;1-5-7-13-24(6-2)16-30(28,29)21-12-11-19(26(3)4)15-20(21)22(23(24)27)17-9-8-10-18(25)14-17/h8-12,14-15,22-23,27H,5-7,13,16H2,1-4H3;8-12,14-15,22-23,27H,5-7,13,16,25H2,1-4H3/t2*22-,23-,24-/m11/s1. The molecule has 0 spiro atoms. The van der Waals surface area contributed by atoms with Crippen molar-refractivity contribution in [1.29, 1.82) is 0 Å². The maximum atomic E-state index is 13.6. The summed E-state index contributed by atoms with van der Waals surface area (Å²) in [4.78, 5) is 15.3. The number of unbranched alkanes of at least 4 members (excludes halogenated alkanes) is 2. The maximum Gasteiger partial charge on any atom is 0.269 e. The number of fused-ring (bicyclic) bond motifs is 2. The summed E-state index contributed by atoms with van der Waals surface area (Å²) in [5, 5.41) is 35.1. The largest absolute Gasteiger partial charge is 0.399 e. The molecule has 2 heterocycles. The molecule has 0 saturated heterocycles. The van der Waals surface area contributed by atoms with E-state index in [9.17, 15) is 37.2 Å². The fourth-order valence-electron chi connectivity index (χ4n) is 9.59. The van der Waals surface area contributed by atoms with Crippen molar-refractivity contribution in [3.63, 3.8) is 0 Å². The van der Waals surface area contributed by atoms with Crippen molar-refractivity contribution < 1.29 is 32.0 Å². The van der Waals surface area contributed by atoms with Gasteiger partial charge in [0.15, 0.2) is 19.7 Å². The lowest BCUT2D eigenvalue weighted by Crippen LogP contribution is -2.42. The minimum absolute atomic E-state index is 0.0369. The lowest BCUT2D eigenvalue weighted by atomic mass is 9.69. The third kappa shape index (κ3) is 9.83. The molecule has 338 valence electrons. The molecule has 6 rings (SSSR count). The molecule has 2 aliphatic rings. The molecule has 0 unspecified atom stereocenters. The highest BCUT2D eigenvalue weighted by Gasteiger charge is 2.50. The number of benzene rings is 4. The van der Waals surface area contributed by atoms with Gasteiger partial charge in [0.25, 0.3) is 5.69 Å². The van der Waals surface area contributed by atoms with E-state index in [0.717, 1.165) is 42.6 Å². The Labute approximate surface area is 369 Å². The Bertz CT molecular complexity index is 2440. The van der Waals surface area contributed by atoms with Crippen LogP contribution in [-0.2, 0) is 19.7 Å². The van der Waals surface area contributed by atoms with Crippen LogP contribution in [0.3, 0.4) is 0 Å². The zero-order valence-electron chi connectivity index (χ0n) is 37.5. The smallest absolute Gasteiger partial charge is 0.269 e. The second-order valence-corrected chi connectivity index (χ2v) is 21.7. The van der Waals surface area contributed by atoms with Gasteiger partial charge in [0.1, 0.15) is 0 Å². The molecule has 14 heteroatoms. The molecule has 0 radical (unpaired) electrons. The molecule has 0 fully saturated rings. The number of aliphatic hydroxyl groups excluding tert-OH is 2. The summed E-state index contributed by atoms with van der Waals surface area (Å²) in [6.07, 6.45) is 4.01. The Balaban J connectivity index is 0.000000235. The lowest BCUT2D eigenvalue weighted by molar-refractivity contribution is -0.384.